The van der Waals surface area contributed by atoms with Gasteiger partial charge in [0.05, 0.1) is 11.7 Å². The molecule has 0 aliphatic carbocycles. The first-order valence-electron chi connectivity index (χ1n) is 7.62. The predicted molar refractivity (Wildman–Crippen MR) is 93.2 cm³/mol. The highest BCUT2D eigenvalue weighted by atomic mass is 35.5. The average molecular weight is 344 g/mol. The van der Waals surface area contributed by atoms with E-state index in [4.69, 9.17) is 16.3 Å². The van der Waals surface area contributed by atoms with Crippen LogP contribution in [0.3, 0.4) is 0 Å². The molecular formula is C18H18ClN3O2. The number of pyridine rings is 1. The summed E-state index contributed by atoms with van der Waals surface area (Å²) in [5.74, 6) is 0.269. The van der Waals surface area contributed by atoms with Crippen LogP contribution in [0.1, 0.15) is 19.4 Å². The number of carbonyl (C=O) groups excluding carboxylic acids is 1. The van der Waals surface area contributed by atoms with E-state index in [1.807, 2.05) is 29.0 Å². The standard InChI is InChI=1S/C18H18ClN3O2/c1-18(2,11-19)17(23)24-15-6-5-13(10-22-9-8-20-12-22)14-4-3-7-21-16(14)15/h3-9,12H,10-11H2,1-2H3. The van der Waals surface area contributed by atoms with E-state index in [1.54, 1.807) is 38.6 Å². The van der Waals surface area contributed by atoms with Crippen LogP contribution >= 0.6 is 11.6 Å². The van der Waals surface area contributed by atoms with Gasteiger partial charge in [-0.2, -0.15) is 0 Å². The Balaban J connectivity index is 1.98. The highest BCUT2D eigenvalue weighted by molar-refractivity contribution is 6.19. The Morgan fingerprint density at radius 2 is 2.12 bits per heavy atom. The summed E-state index contributed by atoms with van der Waals surface area (Å²) >= 11 is 5.85. The molecule has 6 heteroatoms. The summed E-state index contributed by atoms with van der Waals surface area (Å²) in [6.45, 7) is 4.18. The molecule has 0 aliphatic rings. The molecular weight excluding hydrogens is 326 g/mol. The first-order valence-corrected chi connectivity index (χ1v) is 8.15. The molecule has 1 aromatic carbocycles. The second kappa shape index (κ2) is 6.61. The first-order chi connectivity index (χ1) is 11.5. The first kappa shape index (κ1) is 16.5. The predicted octanol–water partition coefficient (Wildman–Crippen LogP) is 3.65. The van der Waals surface area contributed by atoms with Gasteiger partial charge >= 0.3 is 5.97 Å². The zero-order valence-corrected chi connectivity index (χ0v) is 14.3. The number of esters is 1. The highest BCUT2D eigenvalue weighted by Crippen LogP contribution is 2.29. The summed E-state index contributed by atoms with van der Waals surface area (Å²) in [6.07, 6.45) is 7.09. The van der Waals surface area contributed by atoms with Crippen molar-refractivity contribution in [1.82, 2.24) is 14.5 Å². The van der Waals surface area contributed by atoms with Gasteiger partial charge in [0.1, 0.15) is 5.52 Å². The van der Waals surface area contributed by atoms with Gasteiger partial charge in [-0.15, -0.1) is 11.6 Å². The maximum absolute atomic E-state index is 12.3. The lowest BCUT2D eigenvalue weighted by Gasteiger charge is -2.19. The van der Waals surface area contributed by atoms with Crippen molar-refractivity contribution >= 4 is 28.5 Å². The summed E-state index contributed by atoms with van der Waals surface area (Å²) in [5.41, 5.74) is 0.986. The van der Waals surface area contributed by atoms with Crippen molar-refractivity contribution in [3.63, 3.8) is 0 Å². The fraction of sp³-hybridized carbons (Fsp3) is 0.278. The molecule has 24 heavy (non-hydrogen) atoms. The SMILES string of the molecule is CC(C)(CCl)C(=O)Oc1ccc(Cn2ccnc2)c2cccnc12. The van der Waals surface area contributed by atoms with Crippen molar-refractivity contribution in [2.24, 2.45) is 5.41 Å². The molecule has 3 rings (SSSR count). The fourth-order valence-electron chi connectivity index (χ4n) is 2.30. The Labute approximate surface area is 145 Å². The topological polar surface area (TPSA) is 57.0 Å². The molecule has 0 saturated heterocycles. The van der Waals surface area contributed by atoms with Gasteiger partial charge in [0.25, 0.3) is 0 Å². The molecule has 0 radical (unpaired) electrons. The number of halogens is 1. The number of nitrogens with zero attached hydrogens (tertiary/aromatic N) is 3. The van der Waals surface area contributed by atoms with Crippen LogP contribution in [0.2, 0.25) is 0 Å². The number of carbonyl (C=O) groups is 1. The second-order valence-corrected chi connectivity index (χ2v) is 6.53. The van der Waals surface area contributed by atoms with Crippen molar-refractivity contribution in [1.29, 1.82) is 0 Å². The number of imidazole rings is 1. The number of ether oxygens (including phenoxy) is 1. The van der Waals surface area contributed by atoms with Crippen LogP contribution in [0.5, 0.6) is 5.75 Å². The molecule has 0 unspecified atom stereocenters. The minimum atomic E-state index is -0.752. The molecule has 0 spiro atoms. The van der Waals surface area contributed by atoms with Crippen LogP contribution in [0, 0.1) is 5.41 Å². The minimum absolute atomic E-state index is 0.190. The maximum atomic E-state index is 12.3. The van der Waals surface area contributed by atoms with E-state index >= 15 is 0 Å². The summed E-state index contributed by atoms with van der Waals surface area (Å²) < 4.78 is 7.54. The van der Waals surface area contributed by atoms with Crippen LogP contribution in [-0.2, 0) is 11.3 Å². The number of alkyl halides is 1. The number of aromatic nitrogens is 3. The van der Waals surface area contributed by atoms with Gasteiger partial charge in [-0.25, -0.2) is 4.98 Å². The third-order valence-electron chi connectivity index (χ3n) is 3.82. The summed E-state index contributed by atoms with van der Waals surface area (Å²) in [5, 5.41) is 0.945. The zero-order valence-electron chi connectivity index (χ0n) is 13.6. The van der Waals surface area contributed by atoms with Crippen molar-refractivity contribution in [3.8, 4) is 5.75 Å². The van der Waals surface area contributed by atoms with Crippen LogP contribution in [-0.4, -0.2) is 26.4 Å². The summed E-state index contributed by atoms with van der Waals surface area (Å²) in [6, 6.07) is 7.57. The average Bonchev–Trinajstić information content (AvgIpc) is 3.10. The van der Waals surface area contributed by atoms with Crippen molar-refractivity contribution in [2.75, 3.05) is 5.88 Å². The van der Waals surface area contributed by atoms with Gasteiger partial charge in [-0.3, -0.25) is 9.78 Å². The van der Waals surface area contributed by atoms with Crippen LogP contribution in [0.4, 0.5) is 0 Å². The third-order valence-corrected chi connectivity index (χ3v) is 4.49. The van der Waals surface area contributed by atoms with Gasteiger partial charge in [-0.05, 0) is 31.5 Å². The molecule has 0 fully saturated rings. The van der Waals surface area contributed by atoms with Gasteiger partial charge < -0.3 is 9.30 Å². The highest BCUT2D eigenvalue weighted by Gasteiger charge is 2.29. The lowest BCUT2D eigenvalue weighted by Crippen LogP contribution is -2.30. The molecule has 5 nitrogen and oxygen atoms in total. The van der Waals surface area contributed by atoms with E-state index in [9.17, 15) is 4.79 Å². The van der Waals surface area contributed by atoms with Gasteiger partial charge in [0, 0.05) is 36.4 Å². The van der Waals surface area contributed by atoms with E-state index in [0.717, 1.165) is 10.9 Å². The number of benzene rings is 1. The van der Waals surface area contributed by atoms with Crippen molar-refractivity contribution < 1.29 is 9.53 Å². The van der Waals surface area contributed by atoms with E-state index in [2.05, 4.69) is 9.97 Å². The number of fused-ring (bicyclic) bond motifs is 1. The largest absolute Gasteiger partial charge is 0.424 e. The van der Waals surface area contributed by atoms with E-state index in [1.165, 1.54) is 0 Å². The molecule has 3 aromatic rings. The van der Waals surface area contributed by atoms with Crippen molar-refractivity contribution in [2.45, 2.75) is 20.4 Å². The lowest BCUT2D eigenvalue weighted by molar-refractivity contribution is -0.142. The van der Waals surface area contributed by atoms with Gasteiger partial charge in [0.15, 0.2) is 5.75 Å². The molecule has 0 bridgehead atoms. The minimum Gasteiger partial charge on any atom is -0.424 e. The Morgan fingerprint density at radius 3 is 2.83 bits per heavy atom. The smallest absolute Gasteiger partial charge is 0.318 e. The van der Waals surface area contributed by atoms with Gasteiger partial charge in [-0.1, -0.05) is 12.1 Å². The quantitative estimate of drug-likeness (QED) is 0.403. The van der Waals surface area contributed by atoms with Gasteiger partial charge in [0.2, 0.25) is 0 Å². The summed E-state index contributed by atoms with van der Waals surface area (Å²) in [7, 11) is 0. The maximum Gasteiger partial charge on any atom is 0.318 e. The Hall–Kier alpha value is -2.40. The van der Waals surface area contributed by atoms with Crippen molar-refractivity contribution in [3.05, 3.63) is 54.7 Å². The molecule has 0 N–H and O–H groups in total. The molecule has 2 aromatic heterocycles. The lowest BCUT2D eigenvalue weighted by atomic mass is 9.97. The molecule has 124 valence electrons. The van der Waals surface area contributed by atoms with E-state index in [-0.39, 0.29) is 11.8 Å². The van der Waals surface area contributed by atoms with Crippen LogP contribution in [0.15, 0.2) is 49.2 Å². The Morgan fingerprint density at radius 1 is 1.29 bits per heavy atom. The molecule has 0 atom stereocenters. The number of hydrogen-bond acceptors (Lipinski definition) is 4. The molecule has 2 heterocycles. The van der Waals surface area contributed by atoms with E-state index in [0.29, 0.717) is 17.8 Å². The second-order valence-electron chi connectivity index (χ2n) is 6.26. The summed E-state index contributed by atoms with van der Waals surface area (Å²) in [4.78, 5) is 20.8. The monoisotopic (exact) mass is 343 g/mol. The zero-order chi connectivity index (χ0) is 17.2. The van der Waals surface area contributed by atoms with E-state index < -0.39 is 5.41 Å². The fourth-order valence-corrected chi connectivity index (χ4v) is 2.40. The molecule has 0 saturated carbocycles. The normalized spacial score (nSPS) is 11.6. The number of rotatable bonds is 5. The Kier molecular flexibility index (Phi) is 4.53. The molecule has 0 amide bonds. The van der Waals surface area contributed by atoms with Crippen LogP contribution in [0.25, 0.3) is 10.9 Å². The number of hydrogen-bond donors (Lipinski definition) is 0. The third kappa shape index (κ3) is 3.26. The molecule has 0 aliphatic heterocycles. The van der Waals surface area contributed by atoms with Crippen LogP contribution < -0.4 is 4.74 Å². The Bertz CT molecular complexity index is 860.